The lowest BCUT2D eigenvalue weighted by atomic mass is 9.84. The molecule has 3 nitrogen and oxygen atoms in total. The van der Waals surface area contributed by atoms with Crippen molar-refractivity contribution >= 4 is 0 Å². The van der Waals surface area contributed by atoms with E-state index in [1.807, 2.05) is 25.1 Å². The minimum Gasteiger partial charge on any atom is -0.454 e. The summed E-state index contributed by atoms with van der Waals surface area (Å²) in [5.74, 6) is 7.68. The highest BCUT2D eigenvalue weighted by molar-refractivity contribution is 5.46. The van der Waals surface area contributed by atoms with Crippen molar-refractivity contribution in [3.8, 4) is 23.3 Å². The summed E-state index contributed by atoms with van der Waals surface area (Å²) in [6.45, 7) is 6.22. The smallest absolute Gasteiger partial charge is 0.231 e. The second-order valence-corrected chi connectivity index (χ2v) is 6.07. The predicted octanol–water partition coefficient (Wildman–Crippen LogP) is 4.23. The van der Waals surface area contributed by atoms with Gasteiger partial charge in [0.25, 0.3) is 0 Å². The molecule has 0 amide bonds. The van der Waals surface area contributed by atoms with Crippen LogP contribution in [0.3, 0.4) is 0 Å². The first-order chi connectivity index (χ1) is 10.6. The minimum absolute atomic E-state index is 0.140. The van der Waals surface area contributed by atoms with E-state index in [1.54, 1.807) is 6.92 Å². The molecule has 0 fully saturated rings. The van der Waals surface area contributed by atoms with Crippen molar-refractivity contribution in [2.24, 2.45) is 5.92 Å². The number of hydrogen-bond acceptors (Lipinski definition) is 3. The Kier molecular flexibility index (Phi) is 5.74. The lowest BCUT2D eigenvalue weighted by molar-refractivity contribution is 0.0237. The lowest BCUT2D eigenvalue weighted by Gasteiger charge is -2.27. The Morgan fingerprint density at radius 1 is 1.23 bits per heavy atom. The number of rotatable bonds is 6. The molecular weight excluding hydrogens is 276 g/mol. The van der Waals surface area contributed by atoms with Crippen molar-refractivity contribution < 1.29 is 14.6 Å². The third-order valence-electron chi connectivity index (χ3n) is 4.27. The number of unbranched alkanes of at least 4 members (excludes halogenated alkanes) is 4. The molecule has 120 valence electrons. The van der Waals surface area contributed by atoms with Gasteiger partial charge in [0.05, 0.1) is 5.92 Å². The highest BCUT2D eigenvalue weighted by Gasteiger charge is 2.31. The molecule has 1 aromatic rings. The molecule has 0 radical (unpaired) electrons. The quantitative estimate of drug-likeness (QED) is 0.631. The molecule has 1 N–H and O–H groups in total. The Balaban J connectivity index is 1.98. The average molecular weight is 302 g/mol. The summed E-state index contributed by atoms with van der Waals surface area (Å²) in [6.07, 6.45) is 5.79. The van der Waals surface area contributed by atoms with E-state index in [0.29, 0.717) is 5.75 Å². The van der Waals surface area contributed by atoms with Crippen molar-refractivity contribution in [1.82, 2.24) is 0 Å². The fraction of sp³-hybridized carbons (Fsp3) is 0.579. The number of ether oxygens (including phenoxy) is 2. The van der Waals surface area contributed by atoms with Crippen LogP contribution in [0.1, 0.15) is 58.4 Å². The lowest BCUT2D eigenvalue weighted by Crippen LogP contribution is -2.29. The van der Waals surface area contributed by atoms with Crippen LogP contribution in [0.15, 0.2) is 18.2 Å². The van der Waals surface area contributed by atoms with E-state index in [2.05, 4.69) is 18.8 Å². The Hall–Kier alpha value is -1.66. The zero-order valence-electron chi connectivity index (χ0n) is 13.8. The van der Waals surface area contributed by atoms with E-state index in [-0.39, 0.29) is 12.7 Å². The van der Waals surface area contributed by atoms with Crippen molar-refractivity contribution in [1.29, 1.82) is 0 Å². The maximum Gasteiger partial charge on any atom is 0.231 e. The topological polar surface area (TPSA) is 38.7 Å². The van der Waals surface area contributed by atoms with Crippen LogP contribution in [0.2, 0.25) is 0 Å². The van der Waals surface area contributed by atoms with Crippen LogP contribution >= 0.6 is 0 Å². The standard InChI is InChI=1S/C19H26O3/c1-4-5-6-7-8-9-10-15(2)19(3,20)16-11-12-17-18(13-16)22-14-21-17/h11-13,15,20H,4-8,14H2,1-3H3/t15-,19+/m0/s1. The maximum atomic E-state index is 10.8. The summed E-state index contributed by atoms with van der Waals surface area (Å²) in [7, 11) is 0. The molecule has 0 saturated carbocycles. The Bertz CT molecular complexity index is 552. The van der Waals surface area contributed by atoms with Gasteiger partial charge in [-0.15, -0.1) is 5.92 Å². The third-order valence-corrected chi connectivity index (χ3v) is 4.27. The molecule has 2 atom stereocenters. The molecule has 22 heavy (non-hydrogen) atoms. The highest BCUT2D eigenvalue weighted by atomic mass is 16.7. The molecule has 1 aromatic carbocycles. The van der Waals surface area contributed by atoms with Crippen molar-refractivity contribution in [3.05, 3.63) is 23.8 Å². The van der Waals surface area contributed by atoms with Gasteiger partial charge in [-0.1, -0.05) is 38.2 Å². The van der Waals surface area contributed by atoms with Gasteiger partial charge < -0.3 is 14.6 Å². The van der Waals surface area contributed by atoms with Gasteiger partial charge in [-0.3, -0.25) is 0 Å². The first kappa shape index (κ1) is 16.7. The van der Waals surface area contributed by atoms with Gasteiger partial charge in [-0.25, -0.2) is 0 Å². The Morgan fingerprint density at radius 2 is 2.00 bits per heavy atom. The molecule has 0 spiro atoms. The van der Waals surface area contributed by atoms with E-state index in [9.17, 15) is 5.11 Å². The zero-order chi connectivity index (χ0) is 16.0. The molecular formula is C19H26O3. The molecule has 1 aliphatic heterocycles. The van der Waals surface area contributed by atoms with Gasteiger partial charge in [-0.2, -0.15) is 0 Å². The molecule has 3 heteroatoms. The van der Waals surface area contributed by atoms with Gasteiger partial charge in [0.2, 0.25) is 6.79 Å². The van der Waals surface area contributed by atoms with Gasteiger partial charge >= 0.3 is 0 Å². The van der Waals surface area contributed by atoms with Crippen LogP contribution in [-0.2, 0) is 5.60 Å². The van der Waals surface area contributed by atoms with Crippen molar-refractivity contribution in [2.75, 3.05) is 6.79 Å². The van der Waals surface area contributed by atoms with Crippen LogP contribution in [0, 0.1) is 17.8 Å². The SMILES string of the molecule is CCCCCCC#C[C@H](C)[C@@](C)(O)c1ccc2c(c1)OCO2. The molecule has 2 rings (SSSR count). The summed E-state index contributed by atoms with van der Waals surface area (Å²) >= 11 is 0. The molecule has 0 aromatic heterocycles. The van der Waals surface area contributed by atoms with E-state index < -0.39 is 5.60 Å². The first-order valence-electron chi connectivity index (χ1n) is 8.16. The average Bonchev–Trinajstić information content (AvgIpc) is 2.97. The fourth-order valence-electron chi connectivity index (χ4n) is 2.47. The van der Waals surface area contributed by atoms with Crippen LogP contribution in [0.4, 0.5) is 0 Å². The highest BCUT2D eigenvalue weighted by Crippen LogP contribution is 2.38. The van der Waals surface area contributed by atoms with Crippen LogP contribution in [-0.4, -0.2) is 11.9 Å². The summed E-state index contributed by atoms with van der Waals surface area (Å²) in [6, 6.07) is 5.58. The summed E-state index contributed by atoms with van der Waals surface area (Å²) in [5.41, 5.74) is -0.193. The van der Waals surface area contributed by atoms with Crippen molar-refractivity contribution in [3.63, 3.8) is 0 Å². The number of aliphatic hydroxyl groups is 1. The van der Waals surface area contributed by atoms with E-state index >= 15 is 0 Å². The minimum atomic E-state index is -1.00. The molecule has 0 unspecified atom stereocenters. The Morgan fingerprint density at radius 3 is 2.77 bits per heavy atom. The third kappa shape index (κ3) is 3.96. The first-order valence-corrected chi connectivity index (χ1v) is 8.16. The largest absolute Gasteiger partial charge is 0.454 e. The van der Waals surface area contributed by atoms with E-state index in [1.165, 1.54) is 19.3 Å². The Labute approximate surface area is 133 Å². The van der Waals surface area contributed by atoms with Crippen LogP contribution in [0.5, 0.6) is 11.5 Å². The van der Waals surface area contributed by atoms with Crippen LogP contribution in [0.25, 0.3) is 0 Å². The van der Waals surface area contributed by atoms with Gasteiger partial charge in [0.15, 0.2) is 11.5 Å². The number of hydrogen-bond donors (Lipinski definition) is 1. The molecule has 0 aliphatic carbocycles. The second-order valence-electron chi connectivity index (χ2n) is 6.07. The number of fused-ring (bicyclic) bond motifs is 1. The monoisotopic (exact) mass is 302 g/mol. The summed E-state index contributed by atoms with van der Waals surface area (Å²) < 4.78 is 10.7. The summed E-state index contributed by atoms with van der Waals surface area (Å²) in [4.78, 5) is 0. The van der Waals surface area contributed by atoms with Gasteiger partial charge in [-0.05, 0) is 38.0 Å². The predicted molar refractivity (Wildman–Crippen MR) is 87.8 cm³/mol. The molecule has 1 aliphatic rings. The summed E-state index contributed by atoms with van der Waals surface area (Å²) in [5, 5.41) is 10.8. The zero-order valence-corrected chi connectivity index (χ0v) is 13.8. The number of benzene rings is 1. The second kappa shape index (κ2) is 7.56. The van der Waals surface area contributed by atoms with Crippen LogP contribution < -0.4 is 9.47 Å². The van der Waals surface area contributed by atoms with Crippen molar-refractivity contribution in [2.45, 2.75) is 58.5 Å². The molecule has 0 saturated heterocycles. The van der Waals surface area contributed by atoms with E-state index in [0.717, 1.165) is 24.2 Å². The van der Waals surface area contributed by atoms with Gasteiger partial charge in [0.1, 0.15) is 5.60 Å². The molecule has 0 bridgehead atoms. The molecule has 1 heterocycles. The maximum absolute atomic E-state index is 10.8. The van der Waals surface area contributed by atoms with Gasteiger partial charge in [0, 0.05) is 6.42 Å². The van der Waals surface area contributed by atoms with E-state index in [4.69, 9.17) is 9.47 Å². The normalized spacial score (nSPS) is 16.5. The fourth-order valence-corrected chi connectivity index (χ4v) is 2.47.